The molecule has 9 nitrogen and oxygen atoms in total. The summed E-state index contributed by atoms with van der Waals surface area (Å²) in [4.78, 5) is 13.2. The normalized spacial score (nSPS) is 11.5. The highest BCUT2D eigenvalue weighted by Crippen LogP contribution is 2.31. The van der Waals surface area contributed by atoms with Crippen molar-refractivity contribution in [2.24, 2.45) is 0 Å². The lowest BCUT2D eigenvalue weighted by Crippen LogP contribution is -2.18. The van der Waals surface area contributed by atoms with Crippen LogP contribution in [0.15, 0.2) is 84.2 Å². The van der Waals surface area contributed by atoms with Gasteiger partial charge in [0.25, 0.3) is 5.43 Å². The smallest absolute Gasteiger partial charge is 0.416 e. The highest BCUT2D eigenvalue weighted by molar-refractivity contribution is 5.60. The Kier molecular flexibility index (Phi) is 5.99. The van der Waals surface area contributed by atoms with Gasteiger partial charge >= 0.3 is 6.18 Å². The lowest BCUT2D eigenvalue weighted by molar-refractivity contribution is -0.137. The fourth-order valence-electron chi connectivity index (χ4n) is 3.83. The molecule has 3 aromatic heterocycles. The highest BCUT2D eigenvalue weighted by Gasteiger charge is 2.31. The van der Waals surface area contributed by atoms with Crippen molar-refractivity contribution in [2.45, 2.75) is 6.18 Å². The maximum Gasteiger partial charge on any atom is 0.416 e. The van der Waals surface area contributed by atoms with E-state index in [2.05, 4.69) is 15.3 Å². The molecule has 0 unspecified atom stereocenters. The number of alkyl halides is 3. The zero-order valence-corrected chi connectivity index (χ0v) is 19.5. The van der Waals surface area contributed by atoms with E-state index < -0.39 is 17.2 Å². The fraction of sp³-hybridized carbons (Fsp3) is 0.120. The van der Waals surface area contributed by atoms with Crippen LogP contribution in [0.3, 0.4) is 0 Å². The Morgan fingerprint density at radius 3 is 2.35 bits per heavy atom. The summed E-state index contributed by atoms with van der Waals surface area (Å²) in [5, 5.41) is 12.8. The quantitative estimate of drug-likeness (QED) is 0.340. The molecule has 0 aliphatic rings. The third-order valence-corrected chi connectivity index (χ3v) is 5.59. The summed E-state index contributed by atoms with van der Waals surface area (Å²) in [5.41, 5.74) is 0.0525. The Balaban J connectivity index is 1.66. The van der Waals surface area contributed by atoms with E-state index in [0.29, 0.717) is 11.4 Å². The molecule has 0 aliphatic heterocycles. The van der Waals surface area contributed by atoms with Gasteiger partial charge in [-0.25, -0.2) is 14.0 Å². The molecule has 0 saturated heterocycles. The molecule has 5 rings (SSSR count). The van der Waals surface area contributed by atoms with Gasteiger partial charge in [0, 0.05) is 18.5 Å². The number of hydrogen-bond donors (Lipinski definition) is 0. The summed E-state index contributed by atoms with van der Waals surface area (Å²) < 4.78 is 55.0. The van der Waals surface area contributed by atoms with Crippen LogP contribution in [-0.4, -0.2) is 43.6 Å². The summed E-state index contributed by atoms with van der Waals surface area (Å²) in [6, 6.07) is 13.2. The summed E-state index contributed by atoms with van der Waals surface area (Å²) in [6.07, 6.45) is 1.67. The van der Waals surface area contributed by atoms with E-state index in [1.807, 2.05) is 0 Å². The van der Waals surface area contributed by atoms with Crippen molar-refractivity contribution in [3.8, 4) is 39.9 Å². The van der Waals surface area contributed by atoms with Crippen molar-refractivity contribution in [1.29, 1.82) is 0 Å². The van der Waals surface area contributed by atoms with Gasteiger partial charge in [0.15, 0.2) is 11.4 Å². The van der Waals surface area contributed by atoms with E-state index >= 15 is 0 Å². The maximum absolute atomic E-state index is 13.3. The number of rotatable bonds is 6. The lowest BCUT2D eigenvalue weighted by Gasteiger charge is -2.15. The van der Waals surface area contributed by atoms with Crippen LogP contribution in [0.5, 0.6) is 11.5 Å². The topological polar surface area (TPSA) is 89.0 Å². The monoisotopic (exact) mass is 508 g/mol. The van der Waals surface area contributed by atoms with Crippen molar-refractivity contribution in [1.82, 2.24) is 29.3 Å². The van der Waals surface area contributed by atoms with E-state index in [1.54, 1.807) is 41.3 Å². The van der Waals surface area contributed by atoms with E-state index in [-0.39, 0.29) is 22.8 Å². The molecule has 12 heteroatoms. The van der Waals surface area contributed by atoms with Crippen molar-refractivity contribution < 1.29 is 22.6 Å². The summed E-state index contributed by atoms with van der Waals surface area (Å²) in [7, 11) is 2.84. The SMILES string of the molecule is COc1cc(-n2cccn2)ccc1-n1cc(OC)c(=O)c(-c2ccnn2-c2cccc(C(F)(F)F)c2)n1. The van der Waals surface area contributed by atoms with Gasteiger partial charge in [-0.05, 0) is 42.5 Å². The van der Waals surface area contributed by atoms with Gasteiger partial charge in [-0.15, -0.1) is 0 Å². The largest absolute Gasteiger partial charge is 0.494 e. The third kappa shape index (κ3) is 4.44. The maximum atomic E-state index is 13.3. The molecular formula is C25H19F3N6O3. The molecule has 37 heavy (non-hydrogen) atoms. The molecule has 0 saturated carbocycles. The number of ether oxygens (including phenoxy) is 2. The van der Waals surface area contributed by atoms with Gasteiger partial charge in [-0.3, -0.25) is 4.79 Å². The summed E-state index contributed by atoms with van der Waals surface area (Å²) in [6.45, 7) is 0. The number of nitrogens with zero attached hydrogens (tertiary/aromatic N) is 6. The second-order valence-corrected chi connectivity index (χ2v) is 7.80. The van der Waals surface area contributed by atoms with Crippen molar-refractivity contribution in [3.63, 3.8) is 0 Å². The predicted octanol–water partition coefficient (Wildman–Crippen LogP) is 4.31. The van der Waals surface area contributed by atoms with Gasteiger partial charge in [0.1, 0.15) is 11.4 Å². The Morgan fingerprint density at radius 2 is 1.65 bits per heavy atom. The van der Waals surface area contributed by atoms with Crippen molar-refractivity contribution in [2.75, 3.05) is 14.2 Å². The van der Waals surface area contributed by atoms with Crippen molar-refractivity contribution >= 4 is 0 Å². The van der Waals surface area contributed by atoms with Crippen LogP contribution >= 0.6 is 0 Å². The average Bonchev–Trinajstić information content (AvgIpc) is 3.61. The number of aromatic nitrogens is 6. The molecule has 0 radical (unpaired) electrons. The Morgan fingerprint density at radius 1 is 0.838 bits per heavy atom. The molecule has 0 bridgehead atoms. The first kappa shape index (κ1) is 23.9. The van der Waals surface area contributed by atoms with Crippen LogP contribution in [0.4, 0.5) is 13.2 Å². The van der Waals surface area contributed by atoms with E-state index in [0.717, 1.165) is 17.8 Å². The molecule has 0 N–H and O–H groups in total. The van der Waals surface area contributed by atoms with Crippen LogP contribution in [0.2, 0.25) is 0 Å². The predicted molar refractivity (Wildman–Crippen MR) is 128 cm³/mol. The van der Waals surface area contributed by atoms with Crippen LogP contribution in [0.25, 0.3) is 28.5 Å². The third-order valence-electron chi connectivity index (χ3n) is 5.59. The Bertz CT molecular complexity index is 1620. The molecule has 0 spiro atoms. The minimum Gasteiger partial charge on any atom is -0.494 e. The van der Waals surface area contributed by atoms with Crippen molar-refractivity contribution in [3.05, 3.63) is 95.2 Å². The number of benzene rings is 2. The number of halogens is 3. The zero-order chi connectivity index (χ0) is 26.2. The van der Waals surface area contributed by atoms with Crippen LogP contribution in [0.1, 0.15) is 5.56 Å². The van der Waals surface area contributed by atoms with Crippen LogP contribution < -0.4 is 14.9 Å². The molecule has 188 valence electrons. The first-order valence-electron chi connectivity index (χ1n) is 10.9. The molecule has 0 amide bonds. The van der Waals surface area contributed by atoms with Gasteiger partial charge in [-0.1, -0.05) is 6.07 Å². The van der Waals surface area contributed by atoms with E-state index in [4.69, 9.17) is 9.47 Å². The standard InChI is InChI=1S/C25H19F3N6O3/c1-36-21-14-17(32-12-4-10-29-32)7-8-19(21)33-15-22(37-2)24(35)23(31-33)20-9-11-30-34(20)18-6-3-5-16(13-18)25(26,27)28/h3-15H,1-2H3. The first-order valence-corrected chi connectivity index (χ1v) is 10.9. The average molecular weight is 508 g/mol. The lowest BCUT2D eigenvalue weighted by atomic mass is 10.2. The fourth-order valence-corrected chi connectivity index (χ4v) is 3.83. The van der Waals surface area contributed by atoms with Gasteiger partial charge in [-0.2, -0.15) is 28.5 Å². The molecule has 3 heterocycles. The summed E-state index contributed by atoms with van der Waals surface area (Å²) in [5.74, 6) is 0.406. The minimum absolute atomic E-state index is 0.0278. The first-order chi connectivity index (χ1) is 17.8. The van der Waals surface area contributed by atoms with E-state index in [1.165, 1.54) is 54.2 Å². The molecule has 5 aromatic rings. The second-order valence-electron chi connectivity index (χ2n) is 7.80. The van der Waals surface area contributed by atoms with Gasteiger partial charge in [0.2, 0.25) is 0 Å². The summed E-state index contributed by atoms with van der Waals surface area (Å²) >= 11 is 0. The number of hydrogen-bond acceptors (Lipinski definition) is 6. The number of methoxy groups -OCH3 is 2. The molecule has 0 aliphatic carbocycles. The molecule has 2 aromatic carbocycles. The Hall–Kier alpha value is -4.87. The van der Waals surface area contributed by atoms with Gasteiger partial charge < -0.3 is 9.47 Å². The van der Waals surface area contributed by atoms with E-state index in [9.17, 15) is 18.0 Å². The van der Waals surface area contributed by atoms with Gasteiger partial charge in [0.05, 0.1) is 49.2 Å². The van der Waals surface area contributed by atoms with Crippen LogP contribution in [-0.2, 0) is 6.18 Å². The minimum atomic E-state index is -4.54. The second kappa shape index (κ2) is 9.30. The zero-order valence-electron chi connectivity index (χ0n) is 19.5. The molecular weight excluding hydrogens is 489 g/mol. The Labute approximate surface area is 207 Å². The molecule has 0 atom stereocenters. The highest BCUT2D eigenvalue weighted by atomic mass is 19.4. The molecule has 0 fully saturated rings. The van der Waals surface area contributed by atoms with Crippen LogP contribution in [0, 0.1) is 0 Å².